The van der Waals surface area contributed by atoms with Crippen molar-refractivity contribution in [2.24, 2.45) is 5.92 Å². The van der Waals surface area contributed by atoms with Crippen LogP contribution in [-0.2, 0) is 17.1 Å². The van der Waals surface area contributed by atoms with Crippen LogP contribution in [0.25, 0.3) is 0 Å². The summed E-state index contributed by atoms with van der Waals surface area (Å²) >= 11 is 0. The quantitative estimate of drug-likeness (QED) is 0.226. The number of halogens is 6. The van der Waals surface area contributed by atoms with Gasteiger partial charge in [0.1, 0.15) is 5.56 Å². The van der Waals surface area contributed by atoms with E-state index >= 15 is 0 Å². The summed E-state index contributed by atoms with van der Waals surface area (Å²) in [5.41, 5.74) is -2.08. The van der Waals surface area contributed by atoms with Crippen LogP contribution in [0.1, 0.15) is 49.7 Å². The number of benzene rings is 2. The number of likely N-dealkylation sites (tertiary alicyclic amines) is 1. The topological polar surface area (TPSA) is 78.7 Å². The van der Waals surface area contributed by atoms with E-state index in [0.717, 1.165) is 49.2 Å². The average molecular weight is 573 g/mol. The van der Waals surface area contributed by atoms with E-state index in [0.29, 0.717) is 51.4 Å². The number of nitrogens with zero attached hydrogens (tertiary/aromatic N) is 3. The van der Waals surface area contributed by atoms with Gasteiger partial charge in [-0.3, -0.25) is 14.9 Å². The van der Waals surface area contributed by atoms with Crippen LogP contribution in [0.4, 0.5) is 43.4 Å². The number of piperidine rings is 2. The second kappa shape index (κ2) is 11.9. The Balaban J connectivity index is 1.19. The zero-order chi connectivity index (χ0) is 29.1. The van der Waals surface area contributed by atoms with E-state index < -0.39 is 34.1 Å². The third kappa shape index (κ3) is 7.36. The summed E-state index contributed by atoms with van der Waals surface area (Å²) in [6.45, 7) is 2.34. The lowest BCUT2D eigenvalue weighted by molar-refractivity contribution is -0.388. The molecule has 2 aromatic carbocycles. The van der Waals surface area contributed by atoms with E-state index in [1.807, 2.05) is 0 Å². The van der Waals surface area contributed by atoms with E-state index in [4.69, 9.17) is 0 Å². The van der Waals surface area contributed by atoms with Gasteiger partial charge in [-0.15, -0.1) is 0 Å². The summed E-state index contributed by atoms with van der Waals surface area (Å²) in [7, 11) is 0. The standard InChI is InChI=1S/C27H30F6N4O3/c28-26(29,30)19-2-5-22(6-3-19)35-13-9-18(10-14-35)1-8-25(38)36-15-11-20(12-16-36)34-21-4-7-24(37(39)40)23(17-21)27(31,32)33/h2-7,17-18,20,34H,1,8-16H2. The predicted octanol–water partition coefficient (Wildman–Crippen LogP) is 6.73. The Kier molecular flexibility index (Phi) is 8.79. The van der Waals surface area contributed by atoms with Gasteiger partial charge in [-0.2, -0.15) is 26.3 Å². The molecular weight excluding hydrogens is 542 g/mol. The fraction of sp³-hybridized carbons (Fsp3) is 0.519. The van der Waals surface area contributed by atoms with E-state index in [1.54, 1.807) is 4.90 Å². The van der Waals surface area contributed by atoms with Crippen LogP contribution in [0.3, 0.4) is 0 Å². The molecule has 2 heterocycles. The van der Waals surface area contributed by atoms with E-state index in [9.17, 15) is 41.3 Å². The zero-order valence-corrected chi connectivity index (χ0v) is 21.6. The SMILES string of the molecule is O=C(CCC1CCN(c2ccc(C(F)(F)F)cc2)CC1)N1CCC(Nc2ccc([N+](=O)[O-])c(C(F)(F)F)c2)CC1. The predicted molar refractivity (Wildman–Crippen MR) is 137 cm³/mol. The summed E-state index contributed by atoms with van der Waals surface area (Å²) in [6.07, 6.45) is -5.34. The number of carbonyl (C=O) groups is 1. The van der Waals surface area contributed by atoms with Gasteiger partial charge in [0.15, 0.2) is 0 Å². The lowest BCUT2D eigenvalue weighted by Crippen LogP contribution is -2.42. The van der Waals surface area contributed by atoms with Crippen molar-refractivity contribution in [1.82, 2.24) is 4.90 Å². The molecule has 4 rings (SSSR count). The molecule has 0 radical (unpaired) electrons. The average Bonchev–Trinajstić information content (AvgIpc) is 2.91. The molecule has 7 nitrogen and oxygen atoms in total. The molecule has 0 saturated carbocycles. The number of carbonyl (C=O) groups excluding carboxylic acids is 1. The molecule has 218 valence electrons. The molecular formula is C27H30F6N4O3. The zero-order valence-electron chi connectivity index (χ0n) is 21.6. The van der Waals surface area contributed by atoms with Crippen molar-refractivity contribution < 1.29 is 36.1 Å². The largest absolute Gasteiger partial charge is 0.423 e. The van der Waals surface area contributed by atoms with Gasteiger partial charge in [-0.1, -0.05) is 0 Å². The highest BCUT2D eigenvalue weighted by atomic mass is 19.4. The molecule has 1 amide bonds. The minimum absolute atomic E-state index is 0.0262. The molecule has 2 aromatic rings. The first-order chi connectivity index (χ1) is 18.8. The molecule has 0 unspecified atom stereocenters. The van der Waals surface area contributed by atoms with E-state index in [2.05, 4.69) is 10.2 Å². The van der Waals surface area contributed by atoms with Gasteiger partial charge >= 0.3 is 12.4 Å². The summed E-state index contributed by atoms with van der Waals surface area (Å²) in [5.74, 6) is 0.372. The smallest absolute Gasteiger partial charge is 0.382 e. The minimum atomic E-state index is -4.85. The van der Waals surface area contributed by atoms with Gasteiger partial charge in [0, 0.05) is 56.1 Å². The highest BCUT2D eigenvalue weighted by Gasteiger charge is 2.38. The number of alkyl halides is 6. The maximum Gasteiger partial charge on any atom is 0.423 e. The molecule has 13 heteroatoms. The Bertz CT molecular complexity index is 1190. The second-order valence-corrected chi connectivity index (χ2v) is 10.3. The first-order valence-corrected chi connectivity index (χ1v) is 13.1. The number of amides is 1. The van der Waals surface area contributed by atoms with E-state index in [-0.39, 0.29) is 17.6 Å². The Morgan fingerprint density at radius 3 is 2.08 bits per heavy atom. The van der Waals surface area contributed by atoms with Crippen LogP contribution in [0.15, 0.2) is 42.5 Å². The molecule has 40 heavy (non-hydrogen) atoms. The first-order valence-electron chi connectivity index (χ1n) is 13.1. The molecule has 0 atom stereocenters. The molecule has 2 fully saturated rings. The monoisotopic (exact) mass is 572 g/mol. The summed E-state index contributed by atoms with van der Waals surface area (Å²) in [6, 6.07) is 7.84. The molecule has 2 saturated heterocycles. The lowest BCUT2D eigenvalue weighted by atomic mass is 9.91. The van der Waals surface area contributed by atoms with Crippen molar-refractivity contribution in [2.75, 3.05) is 36.4 Å². The van der Waals surface area contributed by atoms with Crippen LogP contribution in [0.5, 0.6) is 0 Å². The maximum absolute atomic E-state index is 13.2. The number of nitro groups is 1. The van der Waals surface area contributed by atoms with Gasteiger partial charge in [0.25, 0.3) is 5.69 Å². The number of nitrogens with one attached hydrogen (secondary N) is 1. The Hall–Kier alpha value is -3.51. The molecule has 0 aliphatic carbocycles. The number of anilines is 2. The van der Waals surface area contributed by atoms with Gasteiger partial charge in [0.2, 0.25) is 5.91 Å². The number of hydrogen-bond acceptors (Lipinski definition) is 5. The number of nitro benzene ring substituents is 1. The number of hydrogen-bond donors (Lipinski definition) is 1. The summed E-state index contributed by atoms with van der Waals surface area (Å²) in [5, 5.41) is 14.0. The summed E-state index contributed by atoms with van der Waals surface area (Å²) < 4.78 is 78.1. The van der Waals surface area contributed by atoms with Crippen LogP contribution in [0, 0.1) is 16.0 Å². The third-order valence-corrected chi connectivity index (χ3v) is 7.66. The summed E-state index contributed by atoms with van der Waals surface area (Å²) in [4.78, 5) is 26.5. The normalized spacial score (nSPS) is 17.6. The minimum Gasteiger partial charge on any atom is -0.382 e. The molecule has 0 aromatic heterocycles. The van der Waals surface area contributed by atoms with Crippen molar-refractivity contribution in [3.63, 3.8) is 0 Å². The Labute approximate surface area is 227 Å². The second-order valence-electron chi connectivity index (χ2n) is 10.3. The van der Waals surface area contributed by atoms with Gasteiger partial charge in [-0.05, 0) is 74.4 Å². The van der Waals surface area contributed by atoms with Crippen molar-refractivity contribution in [3.05, 3.63) is 63.7 Å². The fourth-order valence-electron chi connectivity index (χ4n) is 5.35. The first kappa shape index (κ1) is 29.5. The van der Waals surface area contributed by atoms with Crippen LogP contribution < -0.4 is 10.2 Å². The van der Waals surface area contributed by atoms with Gasteiger partial charge < -0.3 is 15.1 Å². The third-order valence-electron chi connectivity index (χ3n) is 7.66. The van der Waals surface area contributed by atoms with Crippen LogP contribution in [0.2, 0.25) is 0 Å². The van der Waals surface area contributed by atoms with Crippen molar-refractivity contribution in [2.45, 2.75) is 56.9 Å². The molecule has 2 aliphatic heterocycles. The molecule has 2 aliphatic rings. The van der Waals surface area contributed by atoms with E-state index in [1.165, 1.54) is 18.2 Å². The maximum atomic E-state index is 13.2. The van der Waals surface area contributed by atoms with Crippen LogP contribution >= 0.6 is 0 Å². The lowest BCUT2D eigenvalue weighted by Gasteiger charge is -2.35. The van der Waals surface area contributed by atoms with Crippen molar-refractivity contribution >= 4 is 23.0 Å². The molecule has 0 spiro atoms. The Morgan fingerprint density at radius 2 is 1.52 bits per heavy atom. The van der Waals surface area contributed by atoms with Crippen molar-refractivity contribution in [1.29, 1.82) is 0 Å². The van der Waals surface area contributed by atoms with Gasteiger partial charge in [-0.25, -0.2) is 0 Å². The fourth-order valence-corrected chi connectivity index (χ4v) is 5.35. The van der Waals surface area contributed by atoms with Gasteiger partial charge in [0.05, 0.1) is 10.5 Å². The highest BCUT2D eigenvalue weighted by molar-refractivity contribution is 5.76. The van der Waals surface area contributed by atoms with Crippen LogP contribution in [-0.4, -0.2) is 48.0 Å². The highest BCUT2D eigenvalue weighted by Crippen LogP contribution is 2.38. The molecule has 0 bridgehead atoms. The number of rotatable bonds is 7. The Morgan fingerprint density at radius 1 is 0.900 bits per heavy atom. The van der Waals surface area contributed by atoms with Crippen molar-refractivity contribution in [3.8, 4) is 0 Å². The molecule has 1 N–H and O–H groups in total.